The van der Waals surface area contributed by atoms with Gasteiger partial charge >= 0.3 is 0 Å². The van der Waals surface area contributed by atoms with Gasteiger partial charge in [-0.05, 0) is 49.3 Å². The fourth-order valence-electron chi connectivity index (χ4n) is 4.13. The minimum Gasteiger partial charge on any atom is -0.391 e. The molecule has 0 unspecified atom stereocenters. The highest BCUT2D eigenvalue weighted by molar-refractivity contribution is 7.19. The van der Waals surface area contributed by atoms with Crippen LogP contribution in [0.25, 0.3) is 22.4 Å². The zero-order valence-electron chi connectivity index (χ0n) is 15.3. The predicted octanol–water partition coefficient (Wildman–Crippen LogP) is 4.31. The summed E-state index contributed by atoms with van der Waals surface area (Å²) in [4.78, 5) is 14.6. The van der Waals surface area contributed by atoms with Crippen LogP contribution in [0, 0.1) is 0 Å². The van der Waals surface area contributed by atoms with E-state index < -0.39 is 0 Å². The summed E-state index contributed by atoms with van der Waals surface area (Å²) < 4.78 is 0. The van der Waals surface area contributed by atoms with Gasteiger partial charge in [0.25, 0.3) is 0 Å². The molecule has 2 aliphatic rings. The summed E-state index contributed by atoms with van der Waals surface area (Å²) in [7, 11) is 0. The summed E-state index contributed by atoms with van der Waals surface area (Å²) >= 11 is 1.84. The quantitative estimate of drug-likeness (QED) is 0.739. The first-order valence-corrected chi connectivity index (χ1v) is 10.6. The normalized spacial score (nSPS) is 19.9. The number of aryl methyl sites for hydroxylation is 2. The molecule has 1 fully saturated rings. The number of thiophene rings is 1. The lowest BCUT2D eigenvalue weighted by atomic mass is 9.97. The summed E-state index contributed by atoms with van der Waals surface area (Å²) in [5, 5.41) is 11.3. The second-order valence-electron chi connectivity index (χ2n) is 7.43. The molecule has 4 nitrogen and oxygen atoms in total. The fraction of sp³-hybridized carbons (Fsp3) is 0.364. The Bertz CT molecular complexity index is 996. The third kappa shape index (κ3) is 3.26. The van der Waals surface area contributed by atoms with E-state index in [0.29, 0.717) is 6.54 Å². The maximum absolute atomic E-state index is 10.0. The summed E-state index contributed by atoms with van der Waals surface area (Å²) in [5.74, 6) is 1.77. The Labute approximate surface area is 163 Å². The largest absolute Gasteiger partial charge is 0.391 e. The lowest BCUT2D eigenvalue weighted by molar-refractivity contribution is 0.198. The number of hydrogen-bond acceptors (Lipinski definition) is 5. The Morgan fingerprint density at radius 1 is 1.07 bits per heavy atom. The third-order valence-corrected chi connectivity index (χ3v) is 6.69. The Morgan fingerprint density at radius 2 is 1.93 bits per heavy atom. The van der Waals surface area contributed by atoms with Crippen LogP contribution >= 0.6 is 11.3 Å². The number of hydrogen-bond donors (Lipinski definition) is 1. The molecule has 138 valence electrons. The van der Waals surface area contributed by atoms with Crippen molar-refractivity contribution in [1.29, 1.82) is 0 Å². The topological polar surface area (TPSA) is 49.2 Å². The number of aliphatic hydroxyl groups is 1. The molecule has 0 saturated carbocycles. The Hall–Kier alpha value is -2.24. The number of β-amino-alcohol motifs (C(OH)–C–C–N with tert-alkyl or cyclic N) is 1. The van der Waals surface area contributed by atoms with E-state index in [2.05, 4.69) is 23.1 Å². The van der Waals surface area contributed by atoms with Gasteiger partial charge in [0.1, 0.15) is 10.6 Å². The molecule has 2 aromatic heterocycles. The Morgan fingerprint density at radius 3 is 2.74 bits per heavy atom. The van der Waals surface area contributed by atoms with Gasteiger partial charge in [-0.2, -0.15) is 0 Å². The lowest BCUT2D eigenvalue weighted by Crippen LogP contribution is -2.23. The molecular weight excluding hydrogens is 354 g/mol. The monoisotopic (exact) mass is 377 g/mol. The lowest BCUT2D eigenvalue weighted by Gasteiger charge is -2.19. The zero-order valence-corrected chi connectivity index (χ0v) is 16.1. The van der Waals surface area contributed by atoms with Crippen molar-refractivity contribution in [2.75, 3.05) is 18.0 Å². The van der Waals surface area contributed by atoms with Gasteiger partial charge in [0.05, 0.1) is 11.5 Å². The number of fused-ring (bicyclic) bond motifs is 3. The highest BCUT2D eigenvalue weighted by Gasteiger charge is 2.27. The van der Waals surface area contributed by atoms with Crippen LogP contribution in [-0.4, -0.2) is 34.3 Å². The molecule has 1 atom stereocenters. The van der Waals surface area contributed by atoms with E-state index in [1.54, 1.807) is 0 Å². The van der Waals surface area contributed by atoms with E-state index in [9.17, 15) is 5.11 Å². The van der Waals surface area contributed by atoms with Crippen LogP contribution in [-0.2, 0) is 12.8 Å². The van der Waals surface area contributed by atoms with Gasteiger partial charge < -0.3 is 10.0 Å². The van der Waals surface area contributed by atoms with Crippen LogP contribution in [0.15, 0.2) is 30.3 Å². The Balaban J connectivity index is 1.62. The second kappa shape index (κ2) is 7.06. The van der Waals surface area contributed by atoms with Crippen LogP contribution in [0.5, 0.6) is 0 Å². The first-order chi connectivity index (χ1) is 13.3. The molecule has 3 aromatic rings. The smallest absolute Gasteiger partial charge is 0.155 e. The van der Waals surface area contributed by atoms with Gasteiger partial charge in [-0.15, -0.1) is 11.3 Å². The highest BCUT2D eigenvalue weighted by atomic mass is 32.1. The molecule has 3 heterocycles. The van der Waals surface area contributed by atoms with E-state index in [4.69, 9.17) is 9.97 Å². The molecule has 1 aliphatic heterocycles. The number of aliphatic hydroxyl groups excluding tert-OH is 1. The average molecular weight is 378 g/mol. The summed E-state index contributed by atoms with van der Waals surface area (Å²) in [6.07, 6.45) is 9.43. The zero-order chi connectivity index (χ0) is 18.2. The maximum atomic E-state index is 10.0. The molecular formula is C22H23N3OS. The van der Waals surface area contributed by atoms with Crippen molar-refractivity contribution >= 4 is 39.5 Å². The van der Waals surface area contributed by atoms with Crippen LogP contribution in [0.2, 0.25) is 0 Å². The summed E-state index contributed by atoms with van der Waals surface area (Å²) in [5.41, 5.74) is 2.60. The van der Waals surface area contributed by atoms with Gasteiger partial charge in [-0.1, -0.05) is 36.4 Å². The van der Waals surface area contributed by atoms with E-state index in [-0.39, 0.29) is 6.10 Å². The molecule has 5 rings (SSSR count). The van der Waals surface area contributed by atoms with Crippen molar-refractivity contribution in [3.8, 4) is 0 Å². The predicted molar refractivity (Wildman–Crippen MR) is 112 cm³/mol. The molecule has 1 aliphatic carbocycles. The first kappa shape index (κ1) is 16.9. The van der Waals surface area contributed by atoms with Gasteiger partial charge in [-0.25, -0.2) is 9.97 Å². The van der Waals surface area contributed by atoms with Crippen molar-refractivity contribution in [2.24, 2.45) is 0 Å². The highest BCUT2D eigenvalue weighted by Crippen LogP contribution is 2.40. The number of nitrogens with zero attached hydrogens (tertiary/aromatic N) is 3. The maximum Gasteiger partial charge on any atom is 0.155 e. The molecule has 0 spiro atoms. The number of rotatable bonds is 3. The van der Waals surface area contributed by atoms with Crippen molar-refractivity contribution in [3.63, 3.8) is 0 Å². The van der Waals surface area contributed by atoms with Crippen molar-refractivity contribution in [1.82, 2.24) is 9.97 Å². The molecule has 1 aromatic carbocycles. The van der Waals surface area contributed by atoms with E-state index in [0.717, 1.165) is 47.8 Å². The molecule has 1 saturated heterocycles. The van der Waals surface area contributed by atoms with Gasteiger partial charge in [0.2, 0.25) is 0 Å². The standard InChI is InChI=1S/C22H23N3OS/c26-16-12-13-25(14-16)21-20-17-8-4-5-9-18(17)27-22(20)24-19(23-21)11-10-15-6-2-1-3-7-15/h1-3,6-7,10-11,16,26H,4-5,8-9,12-14H2/t16-/m0/s1. The first-order valence-electron chi connectivity index (χ1n) is 9.76. The van der Waals surface area contributed by atoms with Crippen LogP contribution in [0.1, 0.15) is 41.1 Å². The fourth-order valence-corrected chi connectivity index (χ4v) is 5.39. The minimum absolute atomic E-state index is 0.257. The molecule has 5 heteroatoms. The van der Waals surface area contributed by atoms with Gasteiger partial charge in [0, 0.05) is 18.0 Å². The molecule has 0 amide bonds. The molecule has 1 N–H and O–H groups in total. The van der Waals surface area contributed by atoms with E-state index in [1.807, 2.05) is 35.6 Å². The SMILES string of the molecule is O[C@H]1CCN(c2nc(C=Cc3ccccc3)nc3sc4c(c23)CCCC4)C1. The number of benzene rings is 1. The van der Waals surface area contributed by atoms with Gasteiger partial charge in [-0.3, -0.25) is 0 Å². The average Bonchev–Trinajstić information content (AvgIpc) is 3.30. The second-order valence-corrected chi connectivity index (χ2v) is 8.51. The summed E-state index contributed by atoms with van der Waals surface area (Å²) in [6.45, 7) is 1.53. The number of aromatic nitrogens is 2. The van der Waals surface area contributed by atoms with E-state index >= 15 is 0 Å². The molecule has 0 bridgehead atoms. The minimum atomic E-state index is -0.257. The van der Waals surface area contributed by atoms with Crippen LogP contribution in [0.4, 0.5) is 5.82 Å². The van der Waals surface area contributed by atoms with Gasteiger partial charge in [0.15, 0.2) is 5.82 Å². The van der Waals surface area contributed by atoms with E-state index in [1.165, 1.54) is 28.7 Å². The van der Waals surface area contributed by atoms with Crippen LogP contribution in [0.3, 0.4) is 0 Å². The molecule has 0 radical (unpaired) electrons. The van der Waals surface area contributed by atoms with Crippen molar-refractivity contribution in [2.45, 2.75) is 38.2 Å². The Kier molecular flexibility index (Phi) is 4.42. The summed E-state index contributed by atoms with van der Waals surface area (Å²) in [6, 6.07) is 10.3. The van der Waals surface area contributed by atoms with Crippen LogP contribution < -0.4 is 4.90 Å². The van der Waals surface area contributed by atoms with Crippen molar-refractivity contribution in [3.05, 3.63) is 52.2 Å². The molecule has 27 heavy (non-hydrogen) atoms. The van der Waals surface area contributed by atoms with Crippen molar-refractivity contribution < 1.29 is 5.11 Å². The number of anilines is 1. The third-order valence-electron chi connectivity index (χ3n) is 5.50.